The molecular formula is C15H28N2. The Balaban J connectivity index is 1.94. The molecule has 2 heteroatoms. The summed E-state index contributed by atoms with van der Waals surface area (Å²) >= 11 is 0. The first-order chi connectivity index (χ1) is 8.00. The van der Waals surface area contributed by atoms with Crippen LogP contribution in [-0.2, 0) is 0 Å². The van der Waals surface area contributed by atoms with Crippen LogP contribution in [0.5, 0.6) is 0 Å². The van der Waals surface area contributed by atoms with Gasteiger partial charge in [0, 0.05) is 11.6 Å². The molecule has 0 aromatic heterocycles. The molecule has 0 heterocycles. The van der Waals surface area contributed by atoms with Crippen LogP contribution in [0.4, 0.5) is 0 Å². The standard InChI is InChI=1S/C15H28N2/c1-11(16-2)14-6-12-5-13(7-14)9-15(8-12,10-14)17(3)4/h11-13,16H,5-10H2,1-4H3. The maximum absolute atomic E-state index is 3.56. The highest BCUT2D eigenvalue weighted by atomic mass is 15.2. The van der Waals surface area contributed by atoms with Crippen LogP contribution >= 0.6 is 0 Å². The Bertz CT molecular complexity index is 296. The summed E-state index contributed by atoms with van der Waals surface area (Å²) < 4.78 is 0. The number of hydrogen-bond donors (Lipinski definition) is 1. The summed E-state index contributed by atoms with van der Waals surface area (Å²) in [6, 6.07) is 0.688. The molecule has 0 saturated heterocycles. The molecule has 17 heavy (non-hydrogen) atoms. The summed E-state index contributed by atoms with van der Waals surface area (Å²) in [5.41, 5.74) is 1.14. The second-order valence-corrected chi connectivity index (χ2v) is 7.45. The minimum atomic E-state index is 0.537. The molecule has 0 spiro atoms. The molecule has 3 atom stereocenters. The van der Waals surface area contributed by atoms with Gasteiger partial charge in [0.25, 0.3) is 0 Å². The number of rotatable bonds is 3. The molecule has 4 aliphatic rings. The quantitative estimate of drug-likeness (QED) is 0.810. The minimum absolute atomic E-state index is 0.537. The van der Waals surface area contributed by atoms with Gasteiger partial charge in [0.2, 0.25) is 0 Å². The first-order valence-corrected chi connectivity index (χ1v) is 7.34. The molecule has 0 radical (unpaired) electrons. The van der Waals surface area contributed by atoms with Gasteiger partial charge in [0.1, 0.15) is 0 Å². The Morgan fingerprint density at radius 3 is 2.18 bits per heavy atom. The lowest BCUT2D eigenvalue weighted by atomic mass is 9.45. The molecule has 98 valence electrons. The van der Waals surface area contributed by atoms with Crippen molar-refractivity contribution in [2.75, 3.05) is 21.1 Å². The van der Waals surface area contributed by atoms with E-state index in [9.17, 15) is 0 Å². The Kier molecular flexibility index (Phi) is 2.61. The van der Waals surface area contributed by atoms with Gasteiger partial charge >= 0.3 is 0 Å². The first kappa shape index (κ1) is 12.0. The fourth-order valence-electron chi connectivity index (χ4n) is 5.62. The number of hydrogen-bond acceptors (Lipinski definition) is 2. The highest BCUT2D eigenvalue weighted by Crippen LogP contribution is 2.63. The fourth-order valence-corrected chi connectivity index (χ4v) is 5.62. The molecule has 3 unspecified atom stereocenters. The van der Waals surface area contributed by atoms with Crippen molar-refractivity contribution in [2.45, 2.75) is 57.0 Å². The lowest BCUT2D eigenvalue weighted by Gasteiger charge is -2.65. The molecule has 2 nitrogen and oxygen atoms in total. The van der Waals surface area contributed by atoms with Gasteiger partial charge in [-0.3, -0.25) is 0 Å². The SMILES string of the molecule is CNC(C)C12CC3CC(C1)CC(N(C)C)(C3)C2. The van der Waals surface area contributed by atoms with E-state index in [2.05, 4.69) is 38.3 Å². The maximum atomic E-state index is 3.56. The third kappa shape index (κ3) is 1.60. The molecule has 0 aliphatic heterocycles. The van der Waals surface area contributed by atoms with Gasteiger partial charge in [0.05, 0.1) is 0 Å². The average Bonchev–Trinajstić information content (AvgIpc) is 2.26. The fraction of sp³-hybridized carbons (Fsp3) is 1.00. The first-order valence-electron chi connectivity index (χ1n) is 7.34. The van der Waals surface area contributed by atoms with Crippen molar-refractivity contribution < 1.29 is 0 Å². The lowest BCUT2D eigenvalue weighted by Crippen LogP contribution is -2.64. The molecule has 0 amide bonds. The van der Waals surface area contributed by atoms with Gasteiger partial charge in [-0.25, -0.2) is 0 Å². The smallest absolute Gasteiger partial charge is 0.0214 e. The molecule has 4 rings (SSSR count). The molecule has 1 N–H and O–H groups in total. The lowest BCUT2D eigenvalue weighted by molar-refractivity contribution is -0.130. The summed E-state index contributed by atoms with van der Waals surface area (Å²) in [6.45, 7) is 2.41. The second kappa shape index (κ2) is 3.71. The predicted octanol–water partition coefficient (Wildman–Crippen LogP) is 2.49. The maximum Gasteiger partial charge on any atom is 0.0214 e. The van der Waals surface area contributed by atoms with E-state index < -0.39 is 0 Å². The Morgan fingerprint density at radius 1 is 1.12 bits per heavy atom. The third-order valence-corrected chi connectivity index (χ3v) is 6.38. The van der Waals surface area contributed by atoms with Crippen molar-refractivity contribution in [1.82, 2.24) is 10.2 Å². The third-order valence-electron chi connectivity index (χ3n) is 6.38. The highest BCUT2D eigenvalue weighted by Gasteiger charge is 2.59. The van der Waals surface area contributed by atoms with Crippen LogP contribution in [0.2, 0.25) is 0 Å². The monoisotopic (exact) mass is 236 g/mol. The van der Waals surface area contributed by atoms with E-state index in [-0.39, 0.29) is 0 Å². The van der Waals surface area contributed by atoms with Crippen LogP contribution in [-0.4, -0.2) is 37.6 Å². The van der Waals surface area contributed by atoms with E-state index in [0.717, 1.165) is 11.8 Å². The van der Waals surface area contributed by atoms with Crippen molar-refractivity contribution in [3.8, 4) is 0 Å². The van der Waals surface area contributed by atoms with Crippen LogP contribution in [0.15, 0.2) is 0 Å². The van der Waals surface area contributed by atoms with Crippen molar-refractivity contribution in [3.05, 3.63) is 0 Å². The molecular weight excluding hydrogens is 208 g/mol. The Morgan fingerprint density at radius 2 is 1.71 bits per heavy atom. The summed E-state index contributed by atoms with van der Waals surface area (Å²) in [5, 5.41) is 3.56. The molecule has 4 aliphatic carbocycles. The zero-order valence-electron chi connectivity index (χ0n) is 11.9. The average molecular weight is 236 g/mol. The van der Waals surface area contributed by atoms with Crippen LogP contribution in [0.25, 0.3) is 0 Å². The topological polar surface area (TPSA) is 15.3 Å². The van der Waals surface area contributed by atoms with E-state index in [1.54, 1.807) is 0 Å². The van der Waals surface area contributed by atoms with Crippen LogP contribution in [0.1, 0.15) is 45.4 Å². The van der Waals surface area contributed by atoms with Crippen molar-refractivity contribution in [2.24, 2.45) is 17.3 Å². The minimum Gasteiger partial charge on any atom is -0.317 e. The number of nitrogens with one attached hydrogen (secondary N) is 1. The van der Waals surface area contributed by atoms with Crippen molar-refractivity contribution in [3.63, 3.8) is 0 Å². The molecule has 0 aromatic carbocycles. The molecule has 0 aromatic rings. The van der Waals surface area contributed by atoms with E-state index in [1.807, 2.05) is 0 Å². The molecule has 4 fully saturated rings. The molecule has 4 bridgehead atoms. The predicted molar refractivity (Wildman–Crippen MR) is 72.1 cm³/mol. The van der Waals surface area contributed by atoms with Gasteiger partial charge < -0.3 is 10.2 Å². The summed E-state index contributed by atoms with van der Waals surface area (Å²) in [7, 11) is 6.77. The zero-order chi connectivity index (χ0) is 12.3. The van der Waals surface area contributed by atoms with Gasteiger partial charge in [0.15, 0.2) is 0 Å². The summed E-state index contributed by atoms with van der Waals surface area (Å²) in [5.74, 6) is 2.02. The molecule has 4 saturated carbocycles. The second-order valence-electron chi connectivity index (χ2n) is 7.45. The van der Waals surface area contributed by atoms with E-state index >= 15 is 0 Å². The summed E-state index contributed by atoms with van der Waals surface area (Å²) in [6.07, 6.45) is 8.86. The van der Waals surface area contributed by atoms with Crippen LogP contribution in [0, 0.1) is 17.3 Å². The number of nitrogens with zero attached hydrogens (tertiary/aromatic N) is 1. The van der Waals surface area contributed by atoms with Gasteiger partial charge in [-0.15, -0.1) is 0 Å². The highest BCUT2D eigenvalue weighted by molar-refractivity contribution is 5.13. The van der Waals surface area contributed by atoms with Crippen LogP contribution < -0.4 is 5.32 Å². The van der Waals surface area contributed by atoms with Crippen molar-refractivity contribution >= 4 is 0 Å². The van der Waals surface area contributed by atoms with Crippen molar-refractivity contribution in [1.29, 1.82) is 0 Å². The summed E-state index contributed by atoms with van der Waals surface area (Å²) in [4.78, 5) is 2.56. The Labute approximate surface area is 106 Å². The van der Waals surface area contributed by atoms with E-state index in [1.165, 1.54) is 38.5 Å². The Hall–Kier alpha value is -0.0800. The largest absolute Gasteiger partial charge is 0.317 e. The van der Waals surface area contributed by atoms with Gasteiger partial charge in [-0.2, -0.15) is 0 Å². The van der Waals surface area contributed by atoms with Gasteiger partial charge in [-0.05, 0) is 83.8 Å². The normalized spacial score (nSPS) is 49.9. The van der Waals surface area contributed by atoms with E-state index in [0.29, 0.717) is 17.0 Å². The van der Waals surface area contributed by atoms with Crippen LogP contribution in [0.3, 0.4) is 0 Å². The van der Waals surface area contributed by atoms with Gasteiger partial charge in [-0.1, -0.05) is 0 Å². The van der Waals surface area contributed by atoms with E-state index in [4.69, 9.17) is 0 Å². The zero-order valence-corrected chi connectivity index (χ0v) is 11.9.